The summed E-state index contributed by atoms with van der Waals surface area (Å²) in [6.07, 6.45) is 5.15. The van der Waals surface area contributed by atoms with Gasteiger partial charge in [-0.2, -0.15) is 5.11 Å². The van der Waals surface area contributed by atoms with Crippen LogP contribution in [-0.4, -0.2) is 58.6 Å². The number of carboxylic acids is 1. The Hall–Kier alpha value is -6.65. The Morgan fingerprint density at radius 2 is 1.34 bits per heavy atom. The molecule has 9 rings (SSSR count). The lowest BCUT2D eigenvalue weighted by Gasteiger charge is -2.14. The van der Waals surface area contributed by atoms with Gasteiger partial charge in [-0.3, -0.25) is 24.4 Å². The minimum atomic E-state index is -0.963. The molecule has 2 fully saturated rings. The minimum absolute atomic E-state index is 0.102. The molecule has 6 aromatic rings. The van der Waals surface area contributed by atoms with E-state index < -0.39 is 5.97 Å². The third-order valence-electron chi connectivity index (χ3n) is 9.77. The number of aromatic carboxylic acids is 1. The number of aryl methyl sites for hydroxylation is 1. The van der Waals surface area contributed by atoms with Gasteiger partial charge in [0, 0.05) is 17.8 Å². The third-order valence-corrected chi connectivity index (χ3v) is 12.5. The van der Waals surface area contributed by atoms with Crippen LogP contribution >= 0.6 is 48.0 Å². The first-order valence-electron chi connectivity index (χ1n) is 19.1. The highest BCUT2D eigenvalue weighted by molar-refractivity contribution is 8.27. The second kappa shape index (κ2) is 19.0. The monoisotopic (exact) mass is 890 g/mol. The number of nitrogens with zero attached hydrogens (tertiary/aromatic N) is 6. The van der Waals surface area contributed by atoms with Gasteiger partial charge in [0.2, 0.25) is 0 Å². The number of rotatable bonds is 10. The Morgan fingerprint density at radius 1 is 0.726 bits per heavy atom. The van der Waals surface area contributed by atoms with E-state index in [0.29, 0.717) is 49.5 Å². The lowest BCUT2D eigenvalue weighted by molar-refractivity contribution is -0.123. The summed E-state index contributed by atoms with van der Waals surface area (Å²) in [7, 11) is 0. The maximum Gasteiger partial charge on any atom is 0.335 e. The summed E-state index contributed by atoms with van der Waals surface area (Å²) in [6, 6.07) is 39.8. The molecule has 5 heterocycles. The summed E-state index contributed by atoms with van der Waals surface area (Å²) in [5, 5.41) is 20.6. The van der Waals surface area contributed by atoms with Gasteiger partial charge in [-0.1, -0.05) is 145 Å². The molecule has 0 bridgehead atoms. The molecule has 2 amide bonds. The molecular formula is C47H34N6O5S4. The number of carbonyl (C=O) groups is 3. The number of thiocarbonyl (C=S) groups is 2. The number of thioether (sulfide) groups is 2. The van der Waals surface area contributed by atoms with Crippen molar-refractivity contribution in [1.29, 1.82) is 0 Å². The summed E-state index contributed by atoms with van der Waals surface area (Å²) >= 11 is 13.4. The number of hydrogen-bond donors (Lipinski definition) is 1. The van der Waals surface area contributed by atoms with Crippen LogP contribution in [0.1, 0.15) is 44.1 Å². The first kappa shape index (κ1) is 42.1. The third kappa shape index (κ3) is 9.93. The maximum absolute atomic E-state index is 12.9. The lowest BCUT2D eigenvalue weighted by atomic mass is 10.0. The summed E-state index contributed by atoms with van der Waals surface area (Å²) in [4.78, 5) is 45.5. The predicted molar refractivity (Wildman–Crippen MR) is 252 cm³/mol. The number of aromatic nitrogens is 1. The highest BCUT2D eigenvalue weighted by Crippen LogP contribution is 2.36. The van der Waals surface area contributed by atoms with E-state index in [4.69, 9.17) is 34.0 Å². The minimum Gasteiger partial charge on any atom is -0.478 e. The van der Waals surface area contributed by atoms with E-state index in [1.807, 2.05) is 110 Å². The molecule has 0 radical (unpaired) electrons. The van der Waals surface area contributed by atoms with Crippen molar-refractivity contribution in [3.63, 3.8) is 0 Å². The van der Waals surface area contributed by atoms with Crippen LogP contribution in [0.5, 0.6) is 0 Å². The molecule has 15 heteroatoms. The van der Waals surface area contributed by atoms with Crippen LogP contribution in [-0.2, 0) is 22.7 Å². The highest BCUT2D eigenvalue weighted by Gasteiger charge is 2.33. The molecular weight excluding hydrogens is 857 g/mol. The van der Waals surface area contributed by atoms with Crippen LogP contribution in [0.2, 0.25) is 0 Å². The molecule has 306 valence electrons. The Labute approximate surface area is 376 Å². The lowest BCUT2D eigenvalue weighted by Crippen LogP contribution is -2.27. The van der Waals surface area contributed by atoms with Crippen molar-refractivity contribution in [2.24, 2.45) is 15.4 Å². The van der Waals surface area contributed by atoms with Crippen molar-refractivity contribution in [2.75, 3.05) is 6.54 Å². The Kier molecular flexibility index (Phi) is 12.9. The number of furan rings is 1. The Bertz CT molecular complexity index is 2840. The molecule has 3 aliphatic heterocycles. The van der Waals surface area contributed by atoms with Crippen LogP contribution in [0.25, 0.3) is 34.6 Å². The van der Waals surface area contributed by atoms with Gasteiger partial charge in [-0.05, 0) is 82.4 Å². The SMILES string of the molecule is Cc1ccc(CN2C(=O)/C(=C/c3cc(-c4ccc(C(=O)O)cc4)ccn3)SC2=S)cc1.O=C1/C(=C/c2ccc(-c3ccc(C4=NN=NC4)cc3)o2)SC(=S)N1Cc1ccccc1. The topological polar surface area (TPSA) is 141 Å². The second-order valence-corrected chi connectivity index (χ2v) is 17.4. The molecule has 11 nitrogen and oxygen atoms in total. The van der Waals surface area contributed by atoms with E-state index in [9.17, 15) is 14.4 Å². The average Bonchev–Trinajstić information content (AvgIpc) is 4.10. The zero-order chi connectivity index (χ0) is 43.2. The molecule has 3 aliphatic rings. The van der Waals surface area contributed by atoms with Gasteiger partial charge in [0.05, 0.1) is 39.9 Å². The van der Waals surface area contributed by atoms with Crippen molar-refractivity contribution in [3.05, 3.63) is 183 Å². The Balaban J connectivity index is 0.000000171. The van der Waals surface area contributed by atoms with Crippen LogP contribution in [0.4, 0.5) is 0 Å². The van der Waals surface area contributed by atoms with Crippen molar-refractivity contribution in [1.82, 2.24) is 14.8 Å². The predicted octanol–water partition coefficient (Wildman–Crippen LogP) is 10.7. The second-order valence-electron chi connectivity index (χ2n) is 14.1. The molecule has 0 aliphatic carbocycles. The summed E-state index contributed by atoms with van der Waals surface area (Å²) in [5.74, 6) is 0.134. The van der Waals surface area contributed by atoms with Gasteiger partial charge in [0.1, 0.15) is 26.7 Å². The fraction of sp³-hybridized carbons (Fsp3) is 0.0851. The fourth-order valence-electron chi connectivity index (χ4n) is 6.47. The van der Waals surface area contributed by atoms with E-state index in [1.54, 1.807) is 52.4 Å². The van der Waals surface area contributed by atoms with E-state index in [0.717, 1.165) is 50.4 Å². The van der Waals surface area contributed by atoms with Gasteiger partial charge in [-0.15, -0.1) is 5.10 Å². The van der Waals surface area contributed by atoms with Crippen molar-refractivity contribution in [2.45, 2.75) is 20.0 Å². The van der Waals surface area contributed by atoms with E-state index in [2.05, 4.69) is 20.4 Å². The summed E-state index contributed by atoms with van der Waals surface area (Å²) in [6.45, 7) is 3.43. The molecule has 0 unspecified atom stereocenters. The van der Waals surface area contributed by atoms with Crippen LogP contribution in [0.3, 0.4) is 0 Å². The maximum atomic E-state index is 12.9. The van der Waals surface area contributed by atoms with E-state index in [1.165, 1.54) is 23.5 Å². The van der Waals surface area contributed by atoms with Gasteiger partial charge in [0.15, 0.2) is 0 Å². The molecule has 1 N–H and O–H groups in total. The molecule has 4 aromatic carbocycles. The zero-order valence-electron chi connectivity index (χ0n) is 32.9. The van der Waals surface area contributed by atoms with Crippen LogP contribution in [0, 0.1) is 6.92 Å². The van der Waals surface area contributed by atoms with E-state index >= 15 is 0 Å². The van der Waals surface area contributed by atoms with Crippen molar-refractivity contribution < 1.29 is 23.9 Å². The van der Waals surface area contributed by atoms with Gasteiger partial charge in [0.25, 0.3) is 11.8 Å². The van der Waals surface area contributed by atoms with E-state index in [-0.39, 0.29) is 17.4 Å². The normalized spacial score (nSPS) is 16.0. The number of amides is 2. The molecule has 62 heavy (non-hydrogen) atoms. The van der Waals surface area contributed by atoms with Crippen LogP contribution in [0.15, 0.2) is 163 Å². The first-order chi connectivity index (χ1) is 30.1. The smallest absolute Gasteiger partial charge is 0.335 e. The molecule has 0 spiro atoms. The van der Waals surface area contributed by atoms with Crippen LogP contribution < -0.4 is 0 Å². The number of pyridine rings is 1. The molecule has 2 aromatic heterocycles. The molecule has 0 atom stereocenters. The molecule has 0 saturated carbocycles. The number of hydrogen-bond acceptors (Lipinski definition) is 12. The number of carbonyl (C=O) groups excluding carboxylic acids is 2. The highest BCUT2D eigenvalue weighted by atomic mass is 32.2. The van der Waals surface area contributed by atoms with Gasteiger partial charge < -0.3 is 9.52 Å². The fourth-order valence-corrected chi connectivity index (χ4v) is 8.94. The summed E-state index contributed by atoms with van der Waals surface area (Å²) < 4.78 is 7.04. The summed E-state index contributed by atoms with van der Waals surface area (Å²) in [5.41, 5.74) is 8.62. The van der Waals surface area contributed by atoms with Gasteiger partial charge >= 0.3 is 5.97 Å². The van der Waals surface area contributed by atoms with Crippen molar-refractivity contribution in [3.8, 4) is 22.5 Å². The number of carboxylic acid groups (broad SMARTS) is 1. The number of benzene rings is 4. The largest absolute Gasteiger partial charge is 0.478 e. The van der Waals surface area contributed by atoms with Gasteiger partial charge in [-0.25, -0.2) is 4.79 Å². The van der Waals surface area contributed by atoms with Crippen molar-refractivity contribution >= 4 is 92.2 Å². The quantitative estimate of drug-likeness (QED) is 0.104. The zero-order valence-corrected chi connectivity index (χ0v) is 36.1. The Morgan fingerprint density at radius 3 is 1.97 bits per heavy atom. The average molecular weight is 891 g/mol. The standard InChI is InChI=1S/C24H18N2O3S2.C23H16N4O2S2/c1-15-2-4-16(5-3-15)14-26-22(27)21(31-24(26)30)13-20-12-19(10-11-25-20)17-6-8-18(9-7-17)23(28)29;28-22-21(31-23(30)27(22)14-15-4-2-1-3-5-15)12-18-10-11-20(29-18)17-8-6-16(7-9-17)19-13-24-26-25-19/h2-13H,14H2,1H3,(H,28,29);1-12H,13-14H2/b21-13-;21-12-. The molecule has 2 saturated heterocycles. The first-order valence-corrected chi connectivity index (χ1v) is 21.6.